The predicted molar refractivity (Wildman–Crippen MR) is 98.9 cm³/mol. The van der Waals surface area contributed by atoms with Gasteiger partial charge in [-0.15, -0.1) is 22.7 Å². The van der Waals surface area contributed by atoms with Gasteiger partial charge in [-0.1, -0.05) is 27.7 Å². The molecule has 2 aromatic rings. The number of thiophene rings is 2. The maximum absolute atomic E-state index is 6.14. The summed E-state index contributed by atoms with van der Waals surface area (Å²) < 4.78 is 12.3. The first-order chi connectivity index (χ1) is 11.0. The van der Waals surface area contributed by atoms with Gasteiger partial charge in [0, 0.05) is 22.6 Å². The van der Waals surface area contributed by atoms with Crippen LogP contribution >= 0.6 is 22.7 Å². The minimum atomic E-state index is -0.491. The highest BCUT2D eigenvalue weighted by molar-refractivity contribution is 7.10. The molecule has 126 valence electrons. The van der Waals surface area contributed by atoms with Crippen molar-refractivity contribution in [2.75, 3.05) is 13.2 Å². The van der Waals surface area contributed by atoms with Gasteiger partial charge in [-0.25, -0.2) is 0 Å². The molecule has 1 fully saturated rings. The summed E-state index contributed by atoms with van der Waals surface area (Å²) >= 11 is 3.69. The van der Waals surface area contributed by atoms with Crippen LogP contribution in [0.2, 0.25) is 0 Å². The van der Waals surface area contributed by atoms with Crippen molar-refractivity contribution in [3.63, 3.8) is 0 Å². The SMILES string of the molecule is CC(C)c1sccc1CC1(Cc2ccsc2C(C)C)OCCO1. The monoisotopic (exact) mass is 350 g/mol. The molecule has 3 heterocycles. The first-order valence-corrected chi connectivity index (χ1v) is 10.2. The quantitative estimate of drug-likeness (QED) is 0.676. The lowest BCUT2D eigenvalue weighted by atomic mass is 9.94. The van der Waals surface area contributed by atoms with E-state index in [0.29, 0.717) is 25.0 Å². The molecule has 0 unspecified atom stereocenters. The molecule has 0 amide bonds. The van der Waals surface area contributed by atoms with Crippen LogP contribution in [0.4, 0.5) is 0 Å². The van der Waals surface area contributed by atoms with Gasteiger partial charge in [0.25, 0.3) is 0 Å². The lowest BCUT2D eigenvalue weighted by Gasteiger charge is -2.28. The largest absolute Gasteiger partial charge is 0.347 e. The zero-order chi connectivity index (χ0) is 16.4. The van der Waals surface area contributed by atoms with E-state index >= 15 is 0 Å². The summed E-state index contributed by atoms with van der Waals surface area (Å²) in [5.74, 6) is 0.613. The van der Waals surface area contributed by atoms with Gasteiger partial charge in [0.1, 0.15) is 0 Å². The minimum Gasteiger partial charge on any atom is -0.347 e. The van der Waals surface area contributed by atoms with Crippen LogP contribution in [0.15, 0.2) is 22.9 Å². The van der Waals surface area contributed by atoms with Gasteiger partial charge in [-0.2, -0.15) is 0 Å². The van der Waals surface area contributed by atoms with Gasteiger partial charge >= 0.3 is 0 Å². The molecule has 1 aliphatic heterocycles. The highest BCUT2D eigenvalue weighted by Gasteiger charge is 2.38. The van der Waals surface area contributed by atoms with Gasteiger partial charge in [0.2, 0.25) is 0 Å². The highest BCUT2D eigenvalue weighted by atomic mass is 32.1. The zero-order valence-corrected chi connectivity index (χ0v) is 16.1. The van der Waals surface area contributed by atoms with Gasteiger partial charge in [0.15, 0.2) is 5.79 Å². The third-order valence-electron chi connectivity index (χ3n) is 4.34. The van der Waals surface area contributed by atoms with E-state index in [1.807, 2.05) is 22.7 Å². The number of hydrogen-bond donors (Lipinski definition) is 0. The summed E-state index contributed by atoms with van der Waals surface area (Å²) in [6, 6.07) is 4.48. The molecule has 4 heteroatoms. The number of rotatable bonds is 6. The van der Waals surface area contributed by atoms with Crippen LogP contribution in [0.25, 0.3) is 0 Å². The number of ether oxygens (including phenoxy) is 2. The Morgan fingerprint density at radius 3 is 1.70 bits per heavy atom. The summed E-state index contributed by atoms with van der Waals surface area (Å²) in [4.78, 5) is 2.91. The molecule has 0 atom stereocenters. The molecule has 0 saturated carbocycles. The van der Waals surface area contributed by atoms with Gasteiger partial charge in [-0.3, -0.25) is 0 Å². The standard InChI is InChI=1S/C19H26O2S2/c1-13(2)17-15(5-9-22-17)11-19(20-7-8-21-19)12-16-6-10-23-18(16)14(3)4/h5-6,9-10,13-14H,7-8,11-12H2,1-4H3. The van der Waals surface area contributed by atoms with Crippen molar-refractivity contribution in [1.29, 1.82) is 0 Å². The van der Waals surface area contributed by atoms with Crippen LogP contribution in [-0.4, -0.2) is 19.0 Å². The Labute approximate surface area is 147 Å². The molecular formula is C19H26O2S2. The molecule has 23 heavy (non-hydrogen) atoms. The molecule has 2 nitrogen and oxygen atoms in total. The maximum atomic E-state index is 6.14. The normalized spacial score (nSPS) is 17.5. The molecule has 0 spiro atoms. The van der Waals surface area contributed by atoms with Crippen LogP contribution in [-0.2, 0) is 22.3 Å². The lowest BCUT2D eigenvalue weighted by molar-refractivity contribution is -0.154. The molecule has 0 N–H and O–H groups in total. The number of hydrogen-bond acceptors (Lipinski definition) is 4. The van der Waals surface area contributed by atoms with E-state index in [4.69, 9.17) is 9.47 Å². The minimum absolute atomic E-state index is 0.491. The summed E-state index contributed by atoms with van der Waals surface area (Å²) in [6.45, 7) is 10.4. The first kappa shape index (κ1) is 17.2. The summed E-state index contributed by atoms with van der Waals surface area (Å²) in [5, 5.41) is 4.38. The Kier molecular flexibility index (Phi) is 5.26. The topological polar surface area (TPSA) is 18.5 Å². The Morgan fingerprint density at radius 1 is 0.870 bits per heavy atom. The van der Waals surface area contributed by atoms with Crippen molar-refractivity contribution >= 4 is 22.7 Å². The van der Waals surface area contributed by atoms with Gasteiger partial charge < -0.3 is 9.47 Å². The summed E-state index contributed by atoms with van der Waals surface area (Å²) in [7, 11) is 0. The van der Waals surface area contributed by atoms with Crippen LogP contribution in [0.5, 0.6) is 0 Å². The fraction of sp³-hybridized carbons (Fsp3) is 0.579. The van der Waals surface area contributed by atoms with E-state index < -0.39 is 5.79 Å². The Morgan fingerprint density at radius 2 is 1.30 bits per heavy atom. The first-order valence-electron chi connectivity index (χ1n) is 8.41. The van der Waals surface area contributed by atoms with Crippen molar-refractivity contribution in [2.24, 2.45) is 0 Å². The van der Waals surface area contributed by atoms with Crippen molar-refractivity contribution < 1.29 is 9.47 Å². The van der Waals surface area contributed by atoms with Crippen LogP contribution < -0.4 is 0 Å². The molecule has 0 aromatic carbocycles. The maximum Gasteiger partial charge on any atom is 0.176 e. The zero-order valence-electron chi connectivity index (χ0n) is 14.4. The van der Waals surface area contributed by atoms with E-state index in [1.165, 1.54) is 20.9 Å². The Balaban J connectivity index is 1.85. The Bertz CT molecular complexity index is 583. The average Bonchev–Trinajstić information content (AvgIpc) is 3.20. The molecule has 1 aliphatic rings. The molecule has 3 rings (SSSR count). The molecule has 1 saturated heterocycles. The molecule has 0 bridgehead atoms. The molecule has 2 aromatic heterocycles. The third kappa shape index (κ3) is 3.71. The van der Waals surface area contributed by atoms with Crippen molar-refractivity contribution in [2.45, 2.75) is 58.2 Å². The molecular weight excluding hydrogens is 324 g/mol. The predicted octanol–water partition coefficient (Wildman–Crippen LogP) is 5.58. The average molecular weight is 351 g/mol. The van der Waals surface area contributed by atoms with Gasteiger partial charge in [-0.05, 0) is 45.9 Å². The van der Waals surface area contributed by atoms with Crippen LogP contribution in [0.3, 0.4) is 0 Å². The van der Waals surface area contributed by atoms with Crippen LogP contribution in [0, 0.1) is 0 Å². The van der Waals surface area contributed by atoms with E-state index in [-0.39, 0.29) is 0 Å². The second-order valence-corrected chi connectivity index (χ2v) is 8.79. The van der Waals surface area contributed by atoms with Crippen molar-refractivity contribution in [3.05, 3.63) is 43.8 Å². The van der Waals surface area contributed by atoms with Gasteiger partial charge in [0.05, 0.1) is 13.2 Å². The Hall–Kier alpha value is -0.680. The molecule has 0 aliphatic carbocycles. The van der Waals surface area contributed by atoms with E-state index in [9.17, 15) is 0 Å². The fourth-order valence-electron chi connectivity index (χ4n) is 3.34. The highest BCUT2D eigenvalue weighted by Crippen LogP contribution is 2.36. The molecule has 0 radical (unpaired) electrons. The lowest BCUT2D eigenvalue weighted by Crippen LogP contribution is -2.36. The second-order valence-electron chi connectivity index (χ2n) is 6.89. The fourth-order valence-corrected chi connectivity index (χ4v) is 5.23. The second kappa shape index (κ2) is 7.06. The van der Waals surface area contributed by atoms with E-state index in [1.54, 1.807) is 0 Å². The van der Waals surface area contributed by atoms with Crippen molar-refractivity contribution in [1.82, 2.24) is 0 Å². The van der Waals surface area contributed by atoms with Crippen LogP contribution in [0.1, 0.15) is 60.4 Å². The van der Waals surface area contributed by atoms with Crippen molar-refractivity contribution in [3.8, 4) is 0 Å². The third-order valence-corrected chi connectivity index (χ3v) is 6.86. The summed E-state index contributed by atoms with van der Waals surface area (Å²) in [5.41, 5.74) is 2.77. The van der Waals surface area contributed by atoms with E-state index in [0.717, 1.165) is 12.8 Å². The summed E-state index contributed by atoms with van der Waals surface area (Å²) in [6.07, 6.45) is 1.69. The van der Waals surface area contributed by atoms with E-state index in [2.05, 4.69) is 50.6 Å². The smallest absolute Gasteiger partial charge is 0.176 e.